The number of amides is 1. The predicted molar refractivity (Wildman–Crippen MR) is 67.7 cm³/mol. The summed E-state index contributed by atoms with van der Waals surface area (Å²) in [5.41, 5.74) is 0.288. The first kappa shape index (κ1) is 13.0. The number of nitrogens with one attached hydrogen (secondary N) is 1. The minimum Gasteiger partial charge on any atom is -0.461 e. The summed E-state index contributed by atoms with van der Waals surface area (Å²) in [6.45, 7) is 4.03. The van der Waals surface area contributed by atoms with Gasteiger partial charge in [0.1, 0.15) is 5.69 Å². The lowest BCUT2D eigenvalue weighted by Crippen LogP contribution is -2.34. The van der Waals surface area contributed by atoms with Crippen LogP contribution in [-0.2, 0) is 4.74 Å². The molecule has 1 fully saturated rings. The molecular weight excluding hydrogens is 252 g/mol. The zero-order chi connectivity index (χ0) is 13.1. The molecule has 2 rings (SSSR count). The lowest BCUT2D eigenvalue weighted by atomic mass is 10.2. The molecule has 1 amide bonds. The SMILES string of the molecule is CCOC(=O)c1nc(C(=O)NC(C)C2CC2)cs1. The van der Waals surface area contributed by atoms with Gasteiger partial charge in [-0.05, 0) is 32.6 Å². The van der Waals surface area contributed by atoms with E-state index in [-0.39, 0.29) is 22.7 Å². The summed E-state index contributed by atoms with van der Waals surface area (Å²) in [5.74, 6) is -0.102. The highest BCUT2D eigenvalue weighted by Gasteiger charge is 2.29. The maximum atomic E-state index is 11.9. The van der Waals surface area contributed by atoms with E-state index < -0.39 is 5.97 Å². The number of thiazole rings is 1. The van der Waals surface area contributed by atoms with Crippen molar-refractivity contribution in [3.05, 3.63) is 16.1 Å². The first-order valence-electron chi connectivity index (χ1n) is 6.05. The Hall–Kier alpha value is -1.43. The topological polar surface area (TPSA) is 68.3 Å². The van der Waals surface area contributed by atoms with Crippen molar-refractivity contribution in [2.24, 2.45) is 5.92 Å². The number of esters is 1. The predicted octanol–water partition coefficient (Wildman–Crippen LogP) is 1.85. The van der Waals surface area contributed by atoms with Gasteiger partial charge >= 0.3 is 5.97 Å². The van der Waals surface area contributed by atoms with Crippen LogP contribution < -0.4 is 5.32 Å². The Balaban J connectivity index is 1.95. The minimum atomic E-state index is -0.475. The van der Waals surface area contributed by atoms with Crippen molar-refractivity contribution in [2.75, 3.05) is 6.61 Å². The van der Waals surface area contributed by atoms with E-state index in [1.54, 1.807) is 12.3 Å². The molecule has 1 N–H and O–H groups in total. The fraction of sp³-hybridized carbons (Fsp3) is 0.583. The third-order valence-electron chi connectivity index (χ3n) is 2.87. The van der Waals surface area contributed by atoms with Gasteiger partial charge in [0.2, 0.25) is 5.01 Å². The first-order valence-corrected chi connectivity index (χ1v) is 6.93. The maximum absolute atomic E-state index is 11.9. The number of ether oxygens (including phenoxy) is 1. The Morgan fingerprint density at radius 3 is 2.94 bits per heavy atom. The second kappa shape index (κ2) is 5.48. The normalized spacial score (nSPS) is 16.1. The molecule has 0 bridgehead atoms. The number of carbonyl (C=O) groups is 2. The van der Waals surface area contributed by atoms with E-state index in [1.165, 1.54) is 12.8 Å². The zero-order valence-corrected chi connectivity index (χ0v) is 11.3. The summed E-state index contributed by atoms with van der Waals surface area (Å²) in [4.78, 5) is 27.3. The molecule has 1 aliphatic rings. The van der Waals surface area contributed by atoms with E-state index >= 15 is 0 Å². The van der Waals surface area contributed by atoms with Gasteiger partial charge in [-0.3, -0.25) is 4.79 Å². The highest BCUT2D eigenvalue weighted by Crippen LogP contribution is 2.32. The summed E-state index contributed by atoms with van der Waals surface area (Å²) in [5, 5.41) is 4.70. The summed E-state index contributed by atoms with van der Waals surface area (Å²) >= 11 is 1.13. The van der Waals surface area contributed by atoms with E-state index in [9.17, 15) is 9.59 Å². The van der Waals surface area contributed by atoms with Crippen molar-refractivity contribution in [1.82, 2.24) is 10.3 Å². The third-order valence-corrected chi connectivity index (χ3v) is 3.70. The number of carbonyl (C=O) groups excluding carboxylic acids is 2. The first-order chi connectivity index (χ1) is 8.61. The van der Waals surface area contributed by atoms with Crippen molar-refractivity contribution >= 4 is 23.2 Å². The summed E-state index contributed by atoms with van der Waals surface area (Å²) < 4.78 is 4.83. The largest absolute Gasteiger partial charge is 0.461 e. The van der Waals surface area contributed by atoms with Crippen LogP contribution in [0.4, 0.5) is 0 Å². The van der Waals surface area contributed by atoms with Crippen molar-refractivity contribution in [3.8, 4) is 0 Å². The van der Waals surface area contributed by atoms with Crippen LogP contribution in [0.5, 0.6) is 0 Å². The van der Waals surface area contributed by atoms with E-state index in [1.807, 2.05) is 6.92 Å². The fourth-order valence-electron chi connectivity index (χ4n) is 1.66. The van der Waals surface area contributed by atoms with Crippen molar-refractivity contribution in [2.45, 2.75) is 32.7 Å². The number of rotatable bonds is 5. The summed E-state index contributed by atoms with van der Waals surface area (Å²) in [6.07, 6.45) is 2.35. The van der Waals surface area contributed by atoms with Crippen LogP contribution in [0.25, 0.3) is 0 Å². The maximum Gasteiger partial charge on any atom is 0.367 e. The minimum absolute atomic E-state index is 0.172. The van der Waals surface area contributed by atoms with Gasteiger partial charge < -0.3 is 10.1 Å². The van der Waals surface area contributed by atoms with Gasteiger partial charge in [-0.15, -0.1) is 11.3 Å². The van der Waals surface area contributed by atoms with E-state index in [0.29, 0.717) is 12.5 Å². The molecule has 18 heavy (non-hydrogen) atoms. The summed E-state index contributed by atoms with van der Waals surface area (Å²) in [6, 6.07) is 0.172. The molecule has 98 valence electrons. The molecule has 0 spiro atoms. The lowest BCUT2D eigenvalue weighted by Gasteiger charge is -2.10. The number of nitrogens with zero attached hydrogens (tertiary/aromatic N) is 1. The average Bonchev–Trinajstić information content (AvgIpc) is 3.06. The quantitative estimate of drug-likeness (QED) is 0.827. The standard InChI is InChI=1S/C12H16N2O3S/c1-3-17-12(16)11-14-9(6-18-11)10(15)13-7(2)8-4-5-8/h6-8H,3-5H2,1-2H3,(H,13,15). The Morgan fingerprint density at radius 1 is 1.61 bits per heavy atom. The molecule has 0 radical (unpaired) electrons. The second-order valence-corrected chi connectivity index (χ2v) is 5.22. The van der Waals surface area contributed by atoms with Crippen molar-refractivity contribution in [3.63, 3.8) is 0 Å². The van der Waals surface area contributed by atoms with Crippen LogP contribution >= 0.6 is 11.3 Å². The monoisotopic (exact) mass is 268 g/mol. The van der Waals surface area contributed by atoms with Gasteiger partial charge in [0, 0.05) is 11.4 Å². The molecule has 0 aromatic carbocycles. The highest BCUT2D eigenvalue weighted by molar-refractivity contribution is 7.11. The third kappa shape index (κ3) is 3.07. The number of hydrogen-bond acceptors (Lipinski definition) is 5. The van der Waals surface area contributed by atoms with Gasteiger partial charge in [-0.1, -0.05) is 0 Å². The average molecular weight is 268 g/mol. The van der Waals surface area contributed by atoms with Gasteiger partial charge in [0.15, 0.2) is 0 Å². The van der Waals surface area contributed by atoms with Crippen LogP contribution in [0.1, 0.15) is 47.0 Å². The summed E-state index contributed by atoms with van der Waals surface area (Å²) in [7, 11) is 0. The molecule has 5 nitrogen and oxygen atoms in total. The van der Waals surface area contributed by atoms with Gasteiger partial charge in [0.05, 0.1) is 6.61 Å². The molecule has 1 aliphatic carbocycles. The lowest BCUT2D eigenvalue weighted by molar-refractivity contribution is 0.0526. The van der Waals surface area contributed by atoms with Gasteiger partial charge in [0.25, 0.3) is 5.91 Å². The van der Waals surface area contributed by atoms with E-state index in [4.69, 9.17) is 4.74 Å². The molecule has 1 saturated carbocycles. The van der Waals surface area contributed by atoms with Crippen LogP contribution in [-0.4, -0.2) is 29.5 Å². The van der Waals surface area contributed by atoms with Crippen LogP contribution in [0.3, 0.4) is 0 Å². The van der Waals surface area contributed by atoms with E-state index in [2.05, 4.69) is 10.3 Å². The molecule has 1 aromatic rings. The molecular formula is C12H16N2O3S. The smallest absolute Gasteiger partial charge is 0.367 e. The Morgan fingerprint density at radius 2 is 2.33 bits per heavy atom. The number of aromatic nitrogens is 1. The Bertz CT molecular complexity index is 454. The molecule has 1 unspecified atom stereocenters. The fourth-order valence-corrected chi connectivity index (χ4v) is 2.35. The Labute approximate surface area is 110 Å². The molecule has 0 aliphatic heterocycles. The molecule has 6 heteroatoms. The van der Waals surface area contributed by atoms with Crippen LogP contribution in [0.15, 0.2) is 5.38 Å². The molecule has 1 aromatic heterocycles. The van der Waals surface area contributed by atoms with Crippen LogP contribution in [0.2, 0.25) is 0 Å². The highest BCUT2D eigenvalue weighted by atomic mass is 32.1. The Kier molecular flexibility index (Phi) is 3.96. The zero-order valence-electron chi connectivity index (χ0n) is 10.4. The molecule has 1 heterocycles. The van der Waals surface area contributed by atoms with Crippen molar-refractivity contribution in [1.29, 1.82) is 0 Å². The van der Waals surface area contributed by atoms with Crippen LogP contribution in [0, 0.1) is 5.92 Å². The second-order valence-electron chi connectivity index (χ2n) is 4.36. The molecule has 0 saturated heterocycles. The van der Waals surface area contributed by atoms with Crippen molar-refractivity contribution < 1.29 is 14.3 Å². The van der Waals surface area contributed by atoms with Gasteiger partial charge in [-0.2, -0.15) is 0 Å². The number of hydrogen-bond donors (Lipinski definition) is 1. The molecule has 1 atom stereocenters. The van der Waals surface area contributed by atoms with Gasteiger partial charge in [-0.25, -0.2) is 9.78 Å². The van der Waals surface area contributed by atoms with E-state index in [0.717, 1.165) is 11.3 Å².